The van der Waals surface area contributed by atoms with Gasteiger partial charge in [0.25, 0.3) is 0 Å². The van der Waals surface area contributed by atoms with E-state index in [2.05, 4.69) is 73.8 Å². The highest BCUT2D eigenvalue weighted by Crippen LogP contribution is 2.31. The van der Waals surface area contributed by atoms with Gasteiger partial charge in [0.05, 0.1) is 6.04 Å². The van der Waals surface area contributed by atoms with E-state index in [1.807, 2.05) is 11.3 Å². The van der Waals surface area contributed by atoms with Crippen LogP contribution in [0.5, 0.6) is 0 Å². The molecule has 0 spiro atoms. The predicted molar refractivity (Wildman–Crippen MR) is 85.0 cm³/mol. The maximum Gasteiger partial charge on any atom is 0.0578 e. The van der Waals surface area contributed by atoms with Crippen LogP contribution < -0.4 is 5.32 Å². The van der Waals surface area contributed by atoms with E-state index < -0.39 is 0 Å². The van der Waals surface area contributed by atoms with E-state index in [0.717, 1.165) is 0 Å². The Morgan fingerprint density at radius 1 is 1.00 bits per heavy atom. The Hall–Kier alpha value is -1.80. The molecule has 2 aromatic carbocycles. The summed E-state index contributed by atoms with van der Waals surface area (Å²) in [5.74, 6) is 0. The van der Waals surface area contributed by atoms with Crippen LogP contribution in [-0.2, 0) is 0 Å². The van der Waals surface area contributed by atoms with Gasteiger partial charge in [0.1, 0.15) is 0 Å². The number of rotatable bonds is 3. The van der Waals surface area contributed by atoms with Gasteiger partial charge in [-0.2, -0.15) is 0 Å². The molecule has 1 atom stereocenters. The molecule has 1 unspecified atom stereocenters. The van der Waals surface area contributed by atoms with Gasteiger partial charge in [0.2, 0.25) is 0 Å². The highest BCUT2D eigenvalue weighted by Gasteiger charge is 2.09. The van der Waals surface area contributed by atoms with Crippen LogP contribution in [-0.4, -0.2) is 0 Å². The van der Waals surface area contributed by atoms with Gasteiger partial charge >= 0.3 is 0 Å². The fraction of sp³-hybridized carbons (Fsp3) is 0.176. The topological polar surface area (TPSA) is 12.0 Å². The highest BCUT2D eigenvalue weighted by molar-refractivity contribution is 7.19. The largest absolute Gasteiger partial charge is 0.378 e. The van der Waals surface area contributed by atoms with Crippen molar-refractivity contribution in [3.05, 3.63) is 65.0 Å². The second-order valence-corrected chi connectivity index (χ2v) is 6.04. The molecule has 0 fully saturated rings. The fourth-order valence-electron chi connectivity index (χ4n) is 2.27. The highest BCUT2D eigenvalue weighted by atomic mass is 32.1. The zero-order valence-corrected chi connectivity index (χ0v) is 12.0. The quantitative estimate of drug-likeness (QED) is 0.671. The minimum absolute atomic E-state index is 0.333. The number of hydrogen-bond donors (Lipinski definition) is 1. The summed E-state index contributed by atoms with van der Waals surface area (Å²) < 4.78 is 1.36. The maximum absolute atomic E-state index is 3.57. The SMILES string of the molecule is Cc1cccc(NC(C)c2cc3ccccc3s2)c1. The summed E-state index contributed by atoms with van der Waals surface area (Å²) in [7, 11) is 0. The molecule has 19 heavy (non-hydrogen) atoms. The minimum Gasteiger partial charge on any atom is -0.378 e. The van der Waals surface area contributed by atoms with Gasteiger partial charge in [-0.05, 0) is 49.1 Å². The van der Waals surface area contributed by atoms with Crippen LogP contribution in [0.3, 0.4) is 0 Å². The van der Waals surface area contributed by atoms with E-state index in [0.29, 0.717) is 6.04 Å². The molecule has 0 saturated heterocycles. The molecular formula is C17H17NS. The van der Waals surface area contributed by atoms with Gasteiger partial charge in [0, 0.05) is 15.3 Å². The van der Waals surface area contributed by atoms with Crippen molar-refractivity contribution >= 4 is 27.1 Å². The summed E-state index contributed by atoms with van der Waals surface area (Å²) in [6.07, 6.45) is 0. The molecule has 2 heteroatoms. The Morgan fingerprint density at radius 2 is 1.84 bits per heavy atom. The number of aryl methyl sites for hydroxylation is 1. The maximum atomic E-state index is 3.57. The first kappa shape index (κ1) is 12.2. The zero-order chi connectivity index (χ0) is 13.2. The van der Waals surface area contributed by atoms with Gasteiger partial charge in [-0.25, -0.2) is 0 Å². The lowest BCUT2D eigenvalue weighted by molar-refractivity contribution is 0.908. The summed E-state index contributed by atoms with van der Waals surface area (Å²) in [5, 5.41) is 4.90. The summed E-state index contributed by atoms with van der Waals surface area (Å²) in [6.45, 7) is 4.34. The molecule has 1 aromatic heterocycles. The van der Waals surface area contributed by atoms with Crippen LogP contribution in [0.2, 0.25) is 0 Å². The monoisotopic (exact) mass is 267 g/mol. The molecule has 0 radical (unpaired) electrons. The normalized spacial score (nSPS) is 12.5. The third-order valence-corrected chi connectivity index (χ3v) is 4.57. The lowest BCUT2D eigenvalue weighted by atomic mass is 10.2. The first-order valence-corrected chi connectivity index (χ1v) is 7.36. The lowest BCUT2D eigenvalue weighted by Crippen LogP contribution is -2.04. The zero-order valence-electron chi connectivity index (χ0n) is 11.2. The van der Waals surface area contributed by atoms with Crippen molar-refractivity contribution in [3.63, 3.8) is 0 Å². The Labute approximate surface area is 117 Å². The van der Waals surface area contributed by atoms with Crippen molar-refractivity contribution in [2.45, 2.75) is 19.9 Å². The smallest absolute Gasteiger partial charge is 0.0578 e. The van der Waals surface area contributed by atoms with Crippen LogP contribution >= 0.6 is 11.3 Å². The molecular weight excluding hydrogens is 250 g/mol. The molecule has 3 rings (SSSR count). The van der Waals surface area contributed by atoms with Crippen molar-refractivity contribution in [2.24, 2.45) is 0 Å². The van der Waals surface area contributed by atoms with E-state index in [4.69, 9.17) is 0 Å². The van der Waals surface area contributed by atoms with Gasteiger partial charge in [-0.3, -0.25) is 0 Å². The third kappa shape index (κ3) is 2.64. The van der Waals surface area contributed by atoms with Crippen LogP contribution in [0, 0.1) is 6.92 Å². The Kier molecular flexibility index (Phi) is 3.26. The molecule has 0 saturated carbocycles. The summed E-state index contributed by atoms with van der Waals surface area (Å²) in [4.78, 5) is 1.38. The summed E-state index contributed by atoms with van der Waals surface area (Å²) >= 11 is 1.87. The molecule has 0 aliphatic heterocycles. The third-order valence-electron chi connectivity index (χ3n) is 3.27. The number of hydrogen-bond acceptors (Lipinski definition) is 2. The Morgan fingerprint density at radius 3 is 2.63 bits per heavy atom. The second-order valence-electron chi connectivity index (χ2n) is 4.92. The van der Waals surface area contributed by atoms with E-state index in [-0.39, 0.29) is 0 Å². The molecule has 1 N–H and O–H groups in total. The second kappa shape index (κ2) is 5.06. The van der Waals surface area contributed by atoms with Gasteiger partial charge in [0.15, 0.2) is 0 Å². The van der Waals surface area contributed by atoms with E-state index >= 15 is 0 Å². The molecule has 0 bridgehead atoms. The number of nitrogens with one attached hydrogen (secondary N) is 1. The molecule has 0 amide bonds. The molecule has 0 aliphatic rings. The van der Waals surface area contributed by atoms with E-state index in [1.54, 1.807) is 0 Å². The van der Waals surface area contributed by atoms with Gasteiger partial charge < -0.3 is 5.32 Å². The van der Waals surface area contributed by atoms with Crippen molar-refractivity contribution in [1.29, 1.82) is 0 Å². The first-order chi connectivity index (χ1) is 9.22. The first-order valence-electron chi connectivity index (χ1n) is 6.54. The van der Waals surface area contributed by atoms with E-state index in [9.17, 15) is 0 Å². The average molecular weight is 267 g/mol. The van der Waals surface area contributed by atoms with Crippen molar-refractivity contribution in [2.75, 3.05) is 5.32 Å². The van der Waals surface area contributed by atoms with Crippen LogP contribution in [0.4, 0.5) is 5.69 Å². The van der Waals surface area contributed by atoms with Crippen molar-refractivity contribution in [3.8, 4) is 0 Å². The van der Waals surface area contributed by atoms with Crippen LogP contribution in [0.15, 0.2) is 54.6 Å². The molecule has 1 nitrogen and oxygen atoms in total. The lowest BCUT2D eigenvalue weighted by Gasteiger charge is -2.13. The van der Waals surface area contributed by atoms with Crippen LogP contribution in [0.1, 0.15) is 23.4 Å². The molecule has 3 aromatic rings. The average Bonchev–Trinajstić information content (AvgIpc) is 2.82. The number of thiophene rings is 1. The van der Waals surface area contributed by atoms with Crippen molar-refractivity contribution < 1.29 is 0 Å². The van der Waals surface area contributed by atoms with Gasteiger partial charge in [-0.15, -0.1) is 11.3 Å². The number of fused-ring (bicyclic) bond motifs is 1. The summed E-state index contributed by atoms with van der Waals surface area (Å²) in [6, 6.07) is 19.7. The van der Waals surface area contributed by atoms with Gasteiger partial charge in [-0.1, -0.05) is 30.3 Å². The van der Waals surface area contributed by atoms with Crippen molar-refractivity contribution in [1.82, 2.24) is 0 Å². The Balaban J connectivity index is 1.85. The number of benzene rings is 2. The van der Waals surface area contributed by atoms with Crippen LogP contribution in [0.25, 0.3) is 10.1 Å². The fourth-order valence-corrected chi connectivity index (χ4v) is 3.34. The minimum atomic E-state index is 0.333. The molecule has 0 aliphatic carbocycles. The number of anilines is 1. The molecule has 1 heterocycles. The standard InChI is InChI=1S/C17H17NS/c1-12-6-5-8-15(10-12)18-13(2)17-11-14-7-3-4-9-16(14)19-17/h3-11,13,18H,1-2H3. The Bertz CT molecular complexity index is 666. The van der Waals surface area contributed by atoms with E-state index in [1.165, 1.54) is 26.2 Å². The predicted octanol–water partition coefficient (Wildman–Crippen LogP) is 5.38. The summed E-state index contributed by atoms with van der Waals surface area (Å²) in [5.41, 5.74) is 2.47. The molecule has 96 valence electrons.